The standard InChI is InChI=1S/C31H39N3O2/c1-3-8-27(4-2)32-28-13-14-30-29(19-28)31(35)34(17-18-36-30)22-26(23-11-7-12-23)21-33-16-15-24-9-5-6-10-25(24)20-33/h3-6,8-10,13-14,19,23,26,32H,7,11-12,15-18,20-22H2,1-2H3/b8-3-,27-4+. The molecular formula is C31H39N3O2. The lowest BCUT2D eigenvalue weighted by Crippen LogP contribution is -2.45. The van der Waals surface area contributed by atoms with Gasteiger partial charge in [0, 0.05) is 37.6 Å². The molecule has 3 aliphatic rings. The van der Waals surface area contributed by atoms with Crippen molar-refractivity contribution >= 4 is 11.6 Å². The van der Waals surface area contributed by atoms with Crippen LogP contribution in [0.15, 0.2) is 66.4 Å². The third-order valence-electron chi connectivity index (χ3n) is 8.04. The molecule has 0 aromatic heterocycles. The van der Waals surface area contributed by atoms with Crippen molar-refractivity contribution in [3.05, 3.63) is 83.1 Å². The van der Waals surface area contributed by atoms with Crippen LogP contribution in [0.3, 0.4) is 0 Å². The number of nitrogens with zero attached hydrogens (tertiary/aromatic N) is 2. The Bertz CT molecular complexity index is 1130. The largest absolute Gasteiger partial charge is 0.491 e. The lowest BCUT2D eigenvalue weighted by molar-refractivity contribution is 0.0595. The number of benzene rings is 2. The van der Waals surface area contributed by atoms with E-state index >= 15 is 0 Å². The predicted molar refractivity (Wildman–Crippen MR) is 146 cm³/mol. The number of nitrogens with one attached hydrogen (secondary N) is 1. The van der Waals surface area contributed by atoms with Crippen LogP contribution in [-0.2, 0) is 13.0 Å². The van der Waals surface area contributed by atoms with E-state index in [1.807, 2.05) is 50.3 Å². The van der Waals surface area contributed by atoms with Crippen molar-refractivity contribution < 1.29 is 9.53 Å². The number of fused-ring (bicyclic) bond motifs is 2. The molecule has 0 spiro atoms. The Morgan fingerprint density at radius 1 is 1.11 bits per heavy atom. The monoisotopic (exact) mass is 485 g/mol. The van der Waals surface area contributed by atoms with E-state index in [-0.39, 0.29) is 5.91 Å². The Labute approximate surface area is 215 Å². The smallest absolute Gasteiger partial charge is 0.257 e. The molecule has 2 aliphatic heterocycles. The second-order valence-electron chi connectivity index (χ2n) is 10.4. The van der Waals surface area contributed by atoms with Gasteiger partial charge < -0.3 is 15.0 Å². The molecule has 5 nitrogen and oxygen atoms in total. The molecule has 0 saturated heterocycles. The molecule has 2 aromatic carbocycles. The van der Waals surface area contributed by atoms with Crippen LogP contribution in [-0.4, -0.2) is 48.5 Å². The first kappa shape index (κ1) is 24.6. The first-order chi connectivity index (χ1) is 17.6. The fourth-order valence-corrected chi connectivity index (χ4v) is 5.76. The van der Waals surface area contributed by atoms with Gasteiger partial charge in [-0.05, 0) is 67.5 Å². The SMILES string of the molecule is C/C=C\C(=C/C)Nc1ccc2c(c1)C(=O)N(CC(CN1CCc3ccccc3C1)C1CCC1)CCO2. The third kappa shape index (κ3) is 5.52. The molecular weight excluding hydrogens is 446 g/mol. The van der Waals surface area contributed by atoms with Crippen LogP contribution >= 0.6 is 0 Å². The molecule has 190 valence electrons. The summed E-state index contributed by atoms with van der Waals surface area (Å²) < 4.78 is 6.03. The van der Waals surface area contributed by atoms with Crippen molar-refractivity contribution in [3.8, 4) is 5.75 Å². The summed E-state index contributed by atoms with van der Waals surface area (Å²) in [6, 6.07) is 14.7. The zero-order chi connectivity index (χ0) is 24.9. The fourth-order valence-electron chi connectivity index (χ4n) is 5.76. The summed E-state index contributed by atoms with van der Waals surface area (Å²) in [5.74, 6) is 1.99. The number of carbonyl (C=O) groups excluding carboxylic acids is 1. The Morgan fingerprint density at radius 2 is 1.94 bits per heavy atom. The van der Waals surface area contributed by atoms with Crippen LogP contribution in [0.25, 0.3) is 0 Å². The second-order valence-corrected chi connectivity index (χ2v) is 10.4. The highest BCUT2D eigenvalue weighted by atomic mass is 16.5. The maximum absolute atomic E-state index is 13.8. The first-order valence-corrected chi connectivity index (χ1v) is 13.6. The normalized spacial score (nSPS) is 19.8. The number of anilines is 1. The minimum Gasteiger partial charge on any atom is -0.491 e. The van der Waals surface area contributed by atoms with E-state index in [9.17, 15) is 4.79 Å². The minimum absolute atomic E-state index is 0.0903. The van der Waals surface area contributed by atoms with Crippen molar-refractivity contribution in [3.63, 3.8) is 0 Å². The average molecular weight is 486 g/mol. The van der Waals surface area contributed by atoms with Gasteiger partial charge in [-0.3, -0.25) is 9.69 Å². The molecule has 0 bridgehead atoms. The Kier molecular flexibility index (Phi) is 7.76. The first-order valence-electron chi connectivity index (χ1n) is 13.6. The summed E-state index contributed by atoms with van der Waals surface area (Å²) in [7, 11) is 0. The van der Waals surface area contributed by atoms with Gasteiger partial charge in [0.2, 0.25) is 0 Å². The van der Waals surface area contributed by atoms with Gasteiger partial charge in [0.15, 0.2) is 0 Å². The van der Waals surface area contributed by atoms with Crippen molar-refractivity contribution in [2.75, 3.05) is 38.1 Å². The number of ether oxygens (including phenoxy) is 1. The number of hydrogen-bond acceptors (Lipinski definition) is 4. The minimum atomic E-state index is 0.0903. The van der Waals surface area contributed by atoms with Crippen molar-refractivity contribution in [2.24, 2.45) is 11.8 Å². The molecule has 0 radical (unpaired) electrons. The van der Waals surface area contributed by atoms with Gasteiger partial charge in [-0.15, -0.1) is 0 Å². The number of amides is 1. The van der Waals surface area contributed by atoms with Crippen LogP contribution in [0, 0.1) is 11.8 Å². The lowest BCUT2D eigenvalue weighted by Gasteiger charge is -2.40. The molecule has 1 aliphatic carbocycles. The highest BCUT2D eigenvalue weighted by Crippen LogP contribution is 2.36. The van der Waals surface area contributed by atoms with Crippen LogP contribution in [0.5, 0.6) is 5.75 Å². The van der Waals surface area contributed by atoms with Gasteiger partial charge in [-0.2, -0.15) is 0 Å². The third-order valence-corrected chi connectivity index (χ3v) is 8.04. The maximum atomic E-state index is 13.8. The molecule has 2 aromatic rings. The summed E-state index contributed by atoms with van der Waals surface area (Å²) in [4.78, 5) is 18.4. The van der Waals surface area contributed by atoms with E-state index in [1.165, 1.54) is 30.4 Å². The Morgan fingerprint density at radius 3 is 2.69 bits per heavy atom. The van der Waals surface area contributed by atoms with E-state index in [0.29, 0.717) is 36.3 Å². The highest BCUT2D eigenvalue weighted by Gasteiger charge is 2.34. The van der Waals surface area contributed by atoms with Crippen molar-refractivity contribution in [1.82, 2.24) is 9.80 Å². The molecule has 1 N–H and O–H groups in total. The number of hydrogen-bond donors (Lipinski definition) is 1. The van der Waals surface area contributed by atoms with Crippen molar-refractivity contribution in [1.29, 1.82) is 0 Å². The fraction of sp³-hybridized carbons (Fsp3) is 0.452. The predicted octanol–water partition coefficient (Wildman–Crippen LogP) is 5.89. The molecule has 2 heterocycles. The van der Waals surface area contributed by atoms with Crippen LogP contribution in [0.4, 0.5) is 5.69 Å². The van der Waals surface area contributed by atoms with Crippen molar-refractivity contribution in [2.45, 2.75) is 46.1 Å². The summed E-state index contributed by atoms with van der Waals surface area (Å²) in [6.45, 7) is 9.18. The Balaban J connectivity index is 1.31. The van der Waals surface area contributed by atoms with Gasteiger partial charge in [0.1, 0.15) is 12.4 Å². The van der Waals surface area contributed by atoms with Gasteiger partial charge in [-0.1, -0.05) is 55.7 Å². The molecule has 5 heteroatoms. The Hall–Kier alpha value is -3.05. The van der Waals surface area contributed by atoms with Gasteiger partial charge in [0.05, 0.1) is 12.1 Å². The van der Waals surface area contributed by atoms with E-state index < -0.39 is 0 Å². The lowest BCUT2D eigenvalue weighted by atomic mass is 9.75. The highest BCUT2D eigenvalue weighted by molar-refractivity contribution is 5.98. The summed E-state index contributed by atoms with van der Waals surface area (Å²) >= 11 is 0. The van der Waals surface area contributed by atoms with Crippen LogP contribution in [0.2, 0.25) is 0 Å². The zero-order valence-corrected chi connectivity index (χ0v) is 21.7. The topological polar surface area (TPSA) is 44.8 Å². The number of carbonyl (C=O) groups is 1. The molecule has 1 fully saturated rings. The maximum Gasteiger partial charge on any atom is 0.257 e. The summed E-state index contributed by atoms with van der Waals surface area (Å²) in [6.07, 6.45) is 11.1. The zero-order valence-electron chi connectivity index (χ0n) is 21.7. The van der Waals surface area contributed by atoms with E-state index in [2.05, 4.69) is 39.4 Å². The molecule has 1 saturated carbocycles. The van der Waals surface area contributed by atoms with E-state index in [1.54, 1.807) is 0 Å². The van der Waals surface area contributed by atoms with E-state index in [4.69, 9.17) is 4.74 Å². The van der Waals surface area contributed by atoms with Gasteiger partial charge >= 0.3 is 0 Å². The molecule has 1 amide bonds. The summed E-state index contributed by atoms with van der Waals surface area (Å²) in [5, 5.41) is 3.42. The molecule has 1 atom stereocenters. The molecule has 5 rings (SSSR count). The quantitative estimate of drug-likeness (QED) is 0.474. The van der Waals surface area contributed by atoms with Gasteiger partial charge in [-0.25, -0.2) is 0 Å². The van der Waals surface area contributed by atoms with Crippen LogP contribution < -0.4 is 10.1 Å². The molecule has 36 heavy (non-hydrogen) atoms. The number of rotatable bonds is 8. The summed E-state index contributed by atoms with van der Waals surface area (Å²) in [5.41, 5.74) is 5.52. The van der Waals surface area contributed by atoms with Gasteiger partial charge in [0.25, 0.3) is 5.91 Å². The average Bonchev–Trinajstić information content (AvgIpc) is 3.01. The number of allylic oxidation sites excluding steroid dienone is 3. The van der Waals surface area contributed by atoms with Crippen LogP contribution in [0.1, 0.15) is 54.6 Å². The molecule has 1 unspecified atom stereocenters. The second kappa shape index (κ2) is 11.3. The van der Waals surface area contributed by atoms with E-state index in [0.717, 1.165) is 44.0 Å².